The van der Waals surface area contributed by atoms with Crippen LogP contribution in [-0.2, 0) is 4.74 Å². The Hall–Kier alpha value is -3.06. The van der Waals surface area contributed by atoms with E-state index in [2.05, 4.69) is 20.4 Å². The molecule has 1 N–H and O–H groups in total. The molecule has 7 heteroatoms. The summed E-state index contributed by atoms with van der Waals surface area (Å²) < 4.78 is 7.11. The van der Waals surface area contributed by atoms with Gasteiger partial charge in [-0.25, -0.2) is 4.68 Å². The van der Waals surface area contributed by atoms with Crippen molar-refractivity contribution < 1.29 is 4.74 Å². The molecule has 0 aliphatic carbocycles. The van der Waals surface area contributed by atoms with Gasteiger partial charge < -0.3 is 10.1 Å². The molecule has 0 aromatic carbocycles. The molecule has 3 aromatic rings. The van der Waals surface area contributed by atoms with Crippen molar-refractivity contribution in [3.05, 3.63) is 71.5 Å². The van der Waals surface area contributed by atoms with Gasteiger partial charge in [0.05, 0.1) is 24.9 Å². The number of anilines is 1. The highest BCUT2D eigenvalue weighted by Gasteiger charge is 2.31. The van der Waals surface area contributed by atoms with Gasteiger partial charge in [-0.1, -0.05) is 0 Å². The van der Waals surface area contributed by atoms with Gasteiger partial charge in [0, 0.05) is 42.1 Å². The number of hydrogen-bond donors (Lipinski definition) is 1. The van der Waals surface area contributed by atoms with Gasteiger partial charge in [-0.3, -0.25) is 14.8 Å². The maximum Gasteiger partial charge on any atom is 0.267 e. The van der Waals surface area contributed by atoms with E-state index in [1.165, 1.54) is 10.7 Å². The molecule has 0 amide bonds. The summed E-state index contributed by atoms with van der Waals surface area (Å²) in [5.74, 6) is 0. The number of pyridine rings is 2. The number of nitrogens with zero attached hydrogens (tertiary/aromatic N) is 4. The maximum atomic E-state index is 12.4. The molecule has 3 aromatic heterocycles. The standard InChI is InChI=1S/C18H17N5O2/c24-18-4-3-15(13-2-1-7-20-10-13)22-23(18)17-12-25-11-16(17)21-14-5-8-19-9-6-14/h1-10,16-17H,11-12H2,(H,19,21). The molecule has 0 bridgehead atoms. The lowest BCUT2D eigenvalue weighted by atomic mass is 10.1. The highest BCUT2D eigenvalue weighted by atomic mass is 16.5. The van der Waals surface area contributed by atoms with Crippen molar-refractivity contribution in [1.29, 1.82) is 0 Å². The van der Waals surface area contributed by atoms with Crippen LogP contribution in [0, 0.1) is 0 Å². The topological polar surface area (TPSA) is 81.9 Å². The summed E-state index contributed by atoms with van der Waals surface area (Å²) in [7, 11) is 0. The van der Waals surface area contributed by atoms with E-state index in [-0.39, 0.29) is 17.6 Å². The van der Waals surface area contributed by atoms with Crippen molar-refractivity contribution in [2.45, 2.75) is 12.1 Å². The molecule has 0 radical (unpaired) electrons. The molecule has 1 saturated heterocycles. The molecule has 0 saturated carbocycles. The molecular formula is C18H17N5O2. The van der Waals surface area contributed by atoms with Crippen molar-refractivity contribution in [2.24, 2.45) is 0 Å². The molecule has 25 heavy (non-hydrogen) atoms. The first-order chi connectivity index (χ1) is 12.3. The predicted octanol–water partition coefficient (Wildman–Crippen LogP) is 1.75. The van der Waals surface area contributed by atoms with Crippen molar-refractivity contribution >= 4 is 5.69 Å². The van der Waals surface area contributed by atoms with E-state index in [0.29, 0.717) is 18.9 Å². The first kappa shape index (κ1) is 15.5. The summed E-state index contributed by atoms with van der Waals surface area (Å²) in [6.07, 6.45) is 6.88. The summed E-state index contributed by atoms with van der Waals surface area (Å²) in [6, 6.07) is 10.6. The van der Waals surface area contributed by atoms with Gasteiger partial charge in [0.15, 0.2) is 0 Å². The fourth-order valence-electron chi connectivity index (χ4n) is 2.92. The molecule has 1 fully saturated rings. The average Bonchev–Trinajstić information content (AvgIpc) is 3.11. The van der Waals surface area contributed by atoms with Crippen LogP contribution in [0.1, 0.15) is 6.04 Å². The van der Waals surface area contributed by atoms with E-state index in [1.807, 2.05) is 24.3 Å². The summed E-state index contributed by atoms with van der Waals surface area (Å²) in [6.45, 7) is 0.949. The molecule has 4 heterocycles. The highest BCUT2D eigenvalue weighted by molar-refractivity contribution is 5.56. The van der Waals surface area contributed by atoms with Crippen LogP contribution in [-0.4, -0.2) is 39.0 Å². The largest absolute Gasteiger partial charge is 0.378 e. The van der Waals surface area contributed by atoms with Crippen molar-refractivity contribution in [3.8, 4) is 11.3 Å². The fourth-order valence-corrected chi connectivity index (χ4v) is 2.92. The van der Waals surface area contributed by atoms with Gasteiger partial charge in [0.2, 0.25) is 0 Å². The molecule has 2 unspecified atom stereocenters. The zero-order valence-electron chi connectivity index (χ0n) is 13.4. The smallest absolute Gasteiger partial charge is 0.267 e. The number of ether oxygens (including phenoxy) is 1. The maximum absolute atomic E-state index is 12.4. The molecule has 126 valence electrons. The zero-order chi connectivity index (χ0) is 17.1. The Kier molecular flexibility index (Phi) is 4.22. The Morgan fingerprint density at radius 2 is 1.92 bits per heavy atom. The van der Waals surface area contributed by atoms with Crippen LogP contribution < -0.4 is 10.9 Å². The summed E-state index contributed by atoms with van der Waals surface area (Å²) in [5.41, 5.74) is 2.37. The van der Waals surface area contributed by atoms with Crippen LogP contribution in [0.3, 0.4) is 0 Å². The van der Waals surface area contributed by atoms with Gasteiger partial charge in [-0.15, -0.1) is 0 Å². The van der Waals surface area contributed by atoms with Gasteiger partial charge in [-0.2, -0.15) is 5.10 Å². The second-order valence-electron chi connectivity index (χ2n) is 5.83. The Labute approximate surface area is 144 Å². The molecular weight excluding hydrogens is 318 g/mol. The number of nitrogens with one attached hydrogen (secondary N) is 1. The lowest BCUT2D eigenvalue weighted by molar-refractivity contribution is 0.183. The molecule has 4 rings (SSSR count). The Morgan fingerprint density at radius 1 is 1.04 bits per heavy atom. The average molecular weight is 335 g/mol. The van der Waals surface area contributed by atoms with Crippen LogP contribution >= 0.6 is 0 Å². The second kappa shape index (κ2) is 6.82. The van der Waals surface area contributed by atoms with Crippen LogP contribution in [0.2, 0.25) is 0 Å². The monoisotopic (exact) mass is 335 g/mol. The molecule has 1 aliphatic heterocycles. The van der Waals surface area contributed by atoms with E-state index < -0.39 is 0 Å². The Balaban J connectivity index is 1.65. The van der Waals surface area contributed by atoms with Gasteiger partial charge in [0.25, 0.3) is 5.56 Å². The minimum atomic E-state index is -0.183. The normalized spacial score (nSPS) is 19.7. The lowest BCUT2D eigenvalue weighted by Gasteiger charge is -2.21. The van der Waals surface area contributed by atoms with Gasteiger partial charge in [0.1, 0.15) is 6.04 Å². The highest BCUT2D eigenvalue weighted by Crippen LogP contribution is 2.22. The fraction of sp³-hybridized carbons (Fsp3) is 0.222. The van der Waals surface area contributed by atoms with Crippen molar-refractivity contribution in [2.75, 3.05) is 18.5 Å². The first-order valence-corrected chi connectivity index (χ1v) is 8.06. The van der Waals surface area contributed by atoms with E-state index >= 15 is 0 Å². The van der Waals surface area contributed by atoms with Gasteiger partial charge >= 0.3 is 0 Å². The SMILES string of the molecule is O=c1ccc(-c2cccnc2)nn1C1COCC1Nc1ccncc1. The van der Waals surface area contributed by atoms with E-state index in [0.717, 1.165) is 11.3 Å². The third-order valence-electron chi connectivity index (χ3n) is 4.18. The minimum absolute atomic E-state index is 0.0447. The summed E-state index contributed by atoms with van der Waals surface area (Å²) in [4.78, 5) is 20.5. The number of aromatic nitrogens is 4. The van der Waals surface area contributed by atoms with Crippen LogP contribution in [0.4, 0.5) is 5.69 Å². The lowest BCUT2D eigenvalue weighted by Crippen LogP contribution is -2.37. The second-order valence-corrected chi connectivity index (χ2v) is 5.83. The summed E-state index contributed by atoms with van der Waals surface area (Å²) in [5, 5.41) is 7.95. The van der Waals surface area contributed by atoms with Crippen LogP contribution in [0.25, 0.3) is 11.3 Å². The minimum Gasteiger partial charge on any atom is -0.378 e. The van der Waals surface area contributed by atoms with Gasteiger partial charge in [-0.05, 0) is 30.3 Å². The quantitative estimate of drug-likeness (QED) is 0.782. The molecule has 1 aliphatic rings. The first-order valence-electron chi connectivity index (χ1n) is 8.06. The Bertz CT molecular complexity index is 898. The zero-order valence-corrected chi connectivity index (χ0v) is 13.4. The molecule has 2 atom stereocenters. The van der Waals surface area contributed by atoms with Crippen LogP contribution in [0.5, 0.6) is 0 Å². The molecule has 7 nitrogen and oxygen atoms in total. The third-order valence-corrected chi connectivity index (χ3v) is 4.18. The molecule has 0 spiro atoms. The van der Waals surface area contributed by atoms with Crippen LogP contribution in [0.15, 0.2) is 66.0 Å². The van der Waals surface area contributed by atoms with E-state index in [1.54, 1.807) is 30.9 Å². The Morgan fingerprint density at radius 3 is 2.72 bits per heavy atom. The number of hydrogen-bond acceptors (Lipinski definition) is 6. The number of rotatable bonds is 4. The van der Waals surface area contributed by atoms with Crippen molar-refractivity contribution in [3.63, 3.8) is 0 Å². The third kappa shape index (κ3) is 3.27. The summed E-state index contributed by atoms with van der Waals surface area (Å²) >= 11 is 0. The van der Waals surface area contributed by atoms with E-state index in [4.69, 9.17) is 4.74 Å². The van der Waals surface area contributed by atoms with E-state index in [9.17, 15) is 4.79 Å². The predicted molar refractivity (Wildman–Crippen MR) is 93.2 cm³/mol. The van der Waals surface area contributed by atoms with Crippen molar-refractivity contribution in [1.82, 2.24) is 19.7 Å².